The van der Waals surface area contributed by atoms with Gasteiger partial charge in [0.15, 0.2) is 0 Å². The summed E-state index contributed by atoms with van der Waals surface area (Å²) in [5.41, 5.74) is 1.81. The van der Waals surface area contributed by atoms with Gasteiger partial charge in [-0.1, -0.05) is 11.6 Å². The third-order valence-electron chi connectivity index (χ3n) is 6.01. The molecule has 3 aliphatic rings. The molecular formula is C20H24ClN5. The van der Waals surface area contributed by atoms with Crippen molar-refractivity contribution in [1.29, 1.82) is 10.5 Å². The van der Waals surface area contributed by atoms with Crippen LogP contribution in [0.5, 0.6) is 0 Å². The van der Waals surface area contributed by atoms with Crippen LogP contribution in [0, 0.1) is 28.6 Å². The summed E-state index contributed by atoms with van der Waals surface area (Å²) in [5.74, 6) is 1.72. The van der Waals surface area contributed by atoms with Gasteiger partial charge in [-0.2, -0.15) is 10.5 Å². The molecule has 3 heterocycles. The molecule has 0 N–H and O–H groups in total. The summed E-state index contributed by atoms with van der Waals surface area (Å²) in [6.07, 6.45) is 6.98. The zero-order chi connectivity index (χ0) is 18.1. The summed E-state index contributed by atoms with van der Waals surface area (Å²) in [4.78, 5) is 9.27. The lowest BCUT2D eigenvalue weighted by Crippen LogP contribution is -2.39. The van der Waals surface area contributed by atoms with Gasteiger partial charge in [-0.25, -0.2) is 4.98 Å². The third-order valence-corrected chi connectivity index (χ3v) is 6.28. The third kappa shape index (κ3) is 3.39. The summed E-state index contributed by atoms with van der Waals surface area (Å²) in [6, 6.07) is 4.50. The normalized spacial score (nSPS) is 21.6. The number of rotatable bonds is 4. The molecule has 136 valence electrons. The molecule has 0 radical (unpaired) electrons. The lowest BCUT2D eigenvalue weighted by Gasteiger charge is -2.35. The van der Waals surface area contributed by atoms with E-state index in [-0.39, 0.29) is 5.15 Å². The van der Waals surface area contributed by atoms with Gasteiger partial charge in [0.25, 0.3) is 0 Å². The van der Waals surface area contributed by atoms with E-state index in [0.717, 1.165) is 50.3 Å². The monoisotopic (exact) mass is 369 g/mol. The number of nitriles is 2. The average Bonchev–Trinajstić information content (AvgIpc) is 3.38. The van der Waals surface area contributed by atoms with Gasteiger partial charge >= 0.3 is 0 Å². The fourth-order valence-electron chi connectivity index (χ4n) is 4.44. The number of aromatic nitrogens is 1. The van der Waals surface area contributed by atoms with Crippen molar-refractivity contribution in [3.8, 4) is 12.1 Å². The van der Waals surface area contributed by atoms with Crippen molar-refractivity contribution in [2.75, 3.05) is 37.6 Å². The first kappa shape index (κ1) is 17.6. The number of hydrogen-bond donors (Lipinski definition) is 0. The molecule has 1 aromatic heterocycles. The molecule has 0 atom stereocenters. The predicted octanol–water partition coefficient (Wildman–Crippen LogP) is 3.67. The number of nitrogens with zero attached hydrogens (tertiary/aromatic N) is 5. The minimum absolute atomic E-state index is 0.252. The number of likely N-dealkylation sites (tertiary alicyclic amines) is 1. The Morgan fingerprint density at radius 3 is 2.19 bits per heavy atom. The smallest absolute Gasteiger partial charge is 0.149 e. The summed E-state index contributed by atoms with van der Waals surface area (Å²) in [5, 5.41) is 19.5. The topological polar surface area (TPSA) is 67.0 Å². The quantitative estimate of drug-likeness (QED) is 0.757. The van der Waals surface area contributed by atoms with Crippen LogP contribution in [0.1, 0.15) is 61.1 Å². The second-order valence-corrected chi connectivity index (χ2v) is 8.18. The zero-order valence-corrected chi connectivity index (χ0v) is 15.8. The van der Waals surface area contributed by atoms with Crippen molar-refractivity contribution in [1.82, 2.24) is 9.88 Å². The Bertz CT molecular complexity index is 760. The van der Waals surface area contributed by atoms with Crippen LogP contribution in [0.4, 0.5) is 5.82 Å². The molecule has 2 saturated heterocycles. The molecule has 0 spiro atoms. The Morgan fingerprint density at radius 1 is 0.962 bits per heavy atom. The van der Waals surface area contributed by atoms with E-state index in [2.05, 4.69) is 26.9 Å². The van der Waals surface area contributed by atoms with E-state index >= 15 is 0 Å². The van der Waals surface area contributed by atoms with Crippen LogP contribution < -0.4 is 4.90 Å². The van der Waals surface area contributed by atoms with Crippen LogP contribution in [0.15, 0.2) is 0 Å². The molecule has 0 aromatic carbocycles. The second kappa shape index (κ2) is 7.43. The molecule has 0 unspecified atom stereocenters. The Balaban J connectivity index is 1.53. The summed E-state index contributed by atoms with van der Waals surface area (Å²) in [6.45, 7) is 5.51. The van der Waals surface area contributed by atoms with E-state index in [4.69, 9.17) is 11.6 Å². The van der Waals surface area contributed by atoms with Gasteiger partial charge < -0.3 is 9.80 Å². The molecule has 0 bridgehead atoms. The fourth-order valence-corrected chi connectivity index (χ4v) is 4.67. The maximum Gasteiger partial charge on any atom is 0.149 e. The number of pyridine rings is 1. The van der Waals surface area contributed by atoms with E-state index in [1.165, 1.54) is 32.5 Å². The summed E-state index contributed by atoms with van der Waals surface area (Å²) in [7, 11) is 0. The predicted molar refractivity (Wildman–Crippen MR) is 101 cm³/mol. The first-order valence-corrected chi connectivity index (χ1v) is 10.1. The van der Waals surface area contributed by atoms with Crippen molar-refractivity contribution in [2.45, 2.75) is 44.4 Å². The van der Waals surface area contributed by atoms with Gasteiger partial charge in [-0.15, -0.1) is 0 Å². The maximum absolute atomic E-state index is 9.78. The minimum atomic E-state index is 0.252. The second-order valence-electron chi connectivity index (χ2n) is 7.83. The molecular weight excluding hydrogens is 346 g/mol. The van der Waals surface area contributed by atoms with E-state index in [1.54, 1.807) is 0 Å². The van der Waals surface area contributed by atoms with Gasteiger partial charge in [0, 0.05) is 19.6 Å². The molecule has 0 amide bonds. The highest BCUT2D eigenvalue weighted by Crippen LogP contribution is 2.46. The Labute approximate surface area is 160 Å². The van der Waals surface area contributed by atoms with E-state index in [0.29, 0.717) is 22.9 Å². The Kier molecular flexibility index (Phi) is 5.02. The van der Waals surface area contributed by atoms with Crippen LogP contribution in [-0.2, 0) is 0 Å². The average molecular weight is 370 g/mol. The van der Waals surface area contributed by atoms with Crippen LogP contribution in [-0.4, -0.2) is 42.6 Å². The van der Waals surface area contributed by atoms with Crippen LogP contribution in [0.25, 0.3) is 0 Å². The largest absolute Gasteiger partial charge is 0.355 e. The Morgan fingerprint density at radius 2 is 1.62 bits per heavy atom. The fraction of sp³-hybridized carbons (Fsp3) is 0.650. The van der Waals surface area contributed by atoms with Crippen molar-refractivity contribution < 1.29 is 0 Å². The lowest BCUT2D eigenvalue weighted by molar-refractivity contribution is 0.249. The van der Waals surface area contributed by atoms with E-state index < -0.39 is 0 Å². The SMILES string of the molecule is N#Cc1c(Cl)nc(N2CCC(CN3CCCC3)CC2)c(C#N)c1C1CC1. The van der Waals surface area contributed by atoms with Crippen molar-refractivity contribution >= 4 is 17.4 Å². The minimum Gasteiger partial charge on any atom is -0.355 e. The maximum atomic E-state index is 9.78. The molecule has 1 saturated carbocycles. The molecule has 1 aromatic rings. The van der Waals surface area contributed by atoms with E-state index in [9.17, 15) is 10.5 Å². The Hall–Kier alpha value is -1.82. The van der Waals surface area contributed by atoms with Gasteiger partial charge in [-0.3, -0.25) is 0 Å². The van der Waals surface area contributed by atoms with Gasteiger partial charge in [-0.05, 0) is 69.0 Å². The van der Waals surface area contributed by atoms with Gasteiger partial charge in [0.2, 0.25) is 0 Å². The lowest BCUT2D eigenvalue weighted by atomic mass is 9.94. The molecule has 2 aliphatic heterocycles. The van der Waals surface area contributed by atoms with Gasteiger partial charge in [0.1, 0.15) is 23.1 Å². The van der Waals surface area contributed by atoms with Crippen LogP contribution >= 0.6 is 11.6 Å². The molecule has 26 heavy (non-hydrogen) atoms. The van der Waals surface area contributed by atoms with E-state index in [1.807, 2.05) is 0 Å². The first-order valence-electron chi connectivity index (χ1n) is 9.72. The van der Waals surface area contributed by atoms with Crippen LogP contribution in [0.2, 0.25) is 5.15 Å². The molecule has 5 nitrogen and oxygen atoms in total. The molecule has 4 rings (SSSR count). The highest BCUT2D eigenvalue weighted by atomic mass is 35.5. The number of hydrogen-bond acceptors (Lipinski definition) is 5. The molecule has 1 aliphatic carbocycles. The standard InChI is InChI=1S/C20H24ClN5/c21-19-16(11-22)18(15-3-4-15)17(12-23)20(24-19)26-9-5-14(6-10-26)13-25-7-1-2-8-25/h14-15H,1-10,13H2. The first-order chi connectivity index (χ1) is 12.7. The number of halogens is 1. The molecule has 3 fully saturated rings. The summed E-state index contributed by atoms with van der Waals surface area (Å²) < 4.78 is 0. The van der Waals surface area contributed by atoms with Crippen molar-refractivity contribution in [3.63, 3.8) is 0 Å². The number of anilines is 1. The van der Waals surface area contributed by atoms with Crippen molar-refractivity contribution in [2.24, 2.45) is 5.92 Å². The zero-order valence-electron chi connectivity index (χ0n) is 15.0. The van der Waals surface area contributed by atoms with Crippen LogP contribution in [0.3, 0.4) is 0 Å². The highest BCUT2D eigenvalue weighted by molar-refractivity contribution is 6.30. The summed E-state index contributed by atoms with van der Waals surface area (Å²) >= 11 is 6.32. The van der Waals surface area contributed by atoms with Gasteiger partial charge in [0.05, 0.1) is 11.1 Å². The highest BCUT2D eigenvalue weighted by Gasteiger charge is 2.34. The molecule has 6 heteroatoms. The number of piperidine rings is 1. The van der Waals surface area contributed by atoms with Crippen molar-refractivity contribution in [3.05, 3.63) is 21.8 Å².